The van der Waals surface area contributed by atoms with E-state index in [9.17, 15) is 4.79 Å². The zero-order chi connectivity index (χ0) is 16.2. The van der Waals surface area contributed by atoms with Gasteiger partial charge in [-0.3, -0.25) is 4.79 Å². The lowest BCUT2D eigenvalue weighted by Crippen LogP contribution is -2.30. The van der Waals surface area contributed by atoms with Gasteiger partial charge in [-0.1, -0.05) is 29.8 Å². The average molecular weight is 330 g/mol. The average Bonchev–Trinajstić information content (AvgIpc) is 2.55. The van der Waals surface area contributed by atoms with Crippen LogP contribution in [-0.4, -0.2) is 12.0 Å². The third-order valence-electron chi connectivity index (χ3n) is 4.13. The van der Waals surface area contributed by atoms with Gasteiger partial charge in [-0.25, -0.2) is 0 Å². The fourth-order valence-corrected chi connectivity index (χ4v) is 3.11. The lowest BCUT2D eigenvalue weighted by molar-refractivity contribution is -0.122. The summed E-state index contributed by atoms with van der Waals surface area (Å²) in [6, 6.07) is 13.2. The summed E-state index contributed by atoms with van der Waals surface area (Å²) in [5.74, 6) is 0.444. The minimum absolute atomic E-state index is 0.149. The number of aryl methyl sites for hydroxylation is 1. The Labute approximate surface area is 141 Å². The molecule has 0 spiro atoms. The normalized spacial score (nSPS) is 14.7. The van der Waals surface area contributed by atoms with Gasteiger partial charge in [0, 0.05) is 10.7 Å². The third kappa shape index (κ3) is 3.85. The molecule has 3 nitrogen and oxygen atoms in total. The quantitative estimate of drug-likeness (QED) is 0.888. The van der Waals surface area contributed by atoms with Gasteiger partial charge in [-0.2, -0.15) is 0 Å². The van der Waals surface area contributed by atoms with Gasteiger partial charge in [0.05, 0.1) is 0 Å². The highest BCUT2D eigenvalue weighted by atomic mass is 35.5. The predicted octanol–water partition coefficient (Wildman–Crippen LogP) is 4.62. The first-order valence-corrected chi connectivity index (χ1v) is 8.35. The van der Waals surface area contributed by atoms with Gasteiger partial charge in [0.1, 0.15) is 5.75 Å². The first kappa shape index (κ1) is 15.9. The number of ether oxygens (including phenoxy) is 1. The van der Waals surface area contributed by atoms with Crippen molar-refractivity contribution in [2.24, 2.45) is 0 Å². The summed E-state index contributed by atoms with van der Waals surface area (Å²) >= 11 is 5.94. The van der Waals surface area contributed by atoms with E-state index in [4.69, 9.17) is 16.3 Å². The lowest BCUT2D eigenvalue weighted by atomic mass is 9.90. The maximum Gasteiger partial charge on any atom is 0.265 e. The van der Waals surface area contributed by atoms with E-state index in [1.54, 1.807) is 31.2 Å². The molecule has 1 aliphatic rings. The Bertz CT molecular complexity index is 714. The van der Waals surface area contributed by atoms with E-state index in [1.807, 2.05) is 12.1 Å². The highest BCUT2D eigenvalue weighted by Gasteiger charge is 2.18. The van der Waals surface area contributed by atoms with Crippen molar-refractivity contribution in [3.63, 3.8) is 0 Å². The third-order valence-corrected chi connectivity index (χ3v) is 4.37. The Morgan fingerprint density at radius 3 is 2.78 bits per heavy atom. The van der Waals surface area contributed by atoms with E-state index in [1.165, 1.54) is 24.0 Å². The van der Waals surface area contributed by atoms with E-state index in [0.717, 1.165) is 18.5 Å². The summed E-state index contributed by atoms with van der Waals surface area (Å²) in [6.07, 6.45) is 3.92. The zero-order valence-electron chi connectivity index (χ0n) is 13.1. The van der Waals surface area contributed by atoms with Gasteiger partial charge in [0.25, 0.3) is 5.91 Å². The van der Waals surface area contributed by atoms with Crippen LogP contribution in [0.3, 0.4) is 0 Å². The van der Waals surface area contributed by atoms with E-state index in [0.29, 0.717) is 10.8 Å². The van der Waals surface area contributed by atoms with Crippen molar-refractivity contribution >= 4 is 23.2 Å². The number of benzene rings is 2. The van der Waals surface area contributed by atoms with Crippen molar-refractivity contribution in [2.45, 2.75) is 38.7 Å². The summed E-state index contributed by atoms with van der Waals surface area (Å²) in [6.45, 7) is 1.74. The van der Waals surface area contributed by atoms with Gasteiger partial charge in [-0.15, -0.1) is 0 Å². The SMILES string of the molecule is C[C@@H](Oc1cccc(Cl)c1)C(=O)Nc1cccc2c1CCCC2. The van der Waals surface area contributed by atoms with Crippen LogP contribution in [0.2, 0.25) is 5.02 Å². The fourth-order valence-electron chi connectivity index (χ4n) is 2.93. The molecule has 0 unspecified atom stereocenters. The topological polar surface area (TPSA) is 38.3 Å². The molecule has 0 saturated carbocycles. The number of amides is 1. The molecule has 3 rings (SSSR count). The van der Waals surface area contributed by atoms with Gasteiger partial charge in [0.2, 0.25) is 0 Å². The minimum atomic E-state index is -0.590. The summed E-state index contributed by atoms with van der Waals surface area (Å²) in [7, 11) is 0. The Hall–Kier alpha value is -2.00. The molecule has 0 aliphatic heterocycles. The van der Waals surface area contributed by atoms with E-state index < -0.39 is 6.10 Å². The molecule has 0 radical (unpaired) electrons. The second kappa shape index (κ2) is 7.05. The van der Waals surface area contributed by atoms with Gasteiger partial charge >= 0.3 is 0 Å². The van der Waals surface area contributed by atoms with Crippen LogP contribution < -0.4 is 10.1 Å². The monoisotopic (exact) mass is 329 g/mol. The number of carbonyl (C=O) groups excluding carboxylic acids is 1. The second-order valence-electron chi connectivity index (χ2n) is 5.86. The van der Waals surface area contributed by atoms with Crippen molar-refractivity contribution < 1.29 is 9.53 Å². The van der Waals surface area contributed by atoms with Crippen molar-refractivity contribution in [3.05, 3.63) is 58.6 Å². The predicted molar refractivity (Wildman–Crippen MR) is 93.3 cm³/mol. The first-order valence-electron chi connectivity index (χ1n) is 7.97. The number of anilines is 1. The molecule has 1 aliphatic carbocycles. The van der Waals surface area contributed by atoms with Crippen LogP contribution in [-0.2, 0) is 17.6 Å². The van der Waals surface area contributed by atoms with Crippen molar-refractivity contribution in [1.82, 2.24) is 0 Å². The van der Waals surface area contributed by atoms with Crippen LogP contribution in [0.1, 0.15) is 30.9 Å². The fraction of sp³-hybridized carbons (Fsp3) is 0.316. The summed E-state index contributed by atoms with van der Waals surface area (Å²) < 4.78 is 5.68. The van der Waals surface area contributed by atoms with Crippen LogP contribution >= 0.6 is 11.6 Å². The molecule has 4 heteroatoms. The van der Waals surface area contributed by atoms with Crippen LogP contribution in [0, 0.1) is 0 Å². The molecular weight excluding hydrogens is 310 g/mol. The molecule has 0 saturated heterocycles. The highest BCUT2D eigenvalue weighted by Crippen LogP contribution is 2.28. The number of halogens is 1. The molecule has 120 valence electrons. The molecule has 1 N–H and O–H groups in total. The molecule has 0 aromatic heterocycles. The highest BCUT2D eigenvalue weighted by molar-refractivity contribution is 6.30. The maximum atomic E-state index is 12.4. The summed E-state index contributed by atoms with van der Waals surface area (Å²) in [5.41, 5.74) is 3.52. The first-order chi connectivity index (χ1) is 11.1. The number of nitrogens with one attached hydrogen (secondary N) is 1. The molecule has 2 aromatic rings. The Kier molecular flexibility index (Phi) is 4.87. The van der Waals surface area contributed by atoms with Gasteiger partial charge in [0.15, 0.2) is 6.10 Å². The van der Waals surface area contributed by atoms with E-state index in [2.05, 4.69) is 11.4 Å². The smallest absolute Gasteiger partial charge is 0.265 e. The van der Waals surface area contributed by atoms with Crippen molar-refractivity contribution in [1.29, 1.82) is 0 Å². The van der Waals surface area contributed by atoms with Crippen molar-refractivity contribution in [2.75, 3.05) is 5.32 Å². The van der Waals surface area contributed by atoms with Crippen LogP contribution in [0.5, 0.6) is 5.75 Å². The minimum Gasteiger partial charge on any atom is -0.481 e. The van der Waals surface area contributed by atoms with Gasteiger partial charge in [-0.05, 0) is 68.0 Å². The largest absolute Gasteiger partial charge is 0.481 e. The van der Waals surface area contributed by atoms with E-state index >= 15 is 0 Å². The zero-order valence-corrected chi connectivity index (χ0v) is 13.9. The molecule has 0 heterocycles. The Balaban J connectivity index is 1.69. The molecule has 2 aromatic carbocycles. The van der Waals surface area contributed by atoms with Crippen LogP contribution in [0.25, 0.3) is 0 Å². The molecule has 0 fully saturated rings. The second-order valence-corrected chi connectivity index (χ2v) is 6.29. The van der Waals surface area contributed by atoms with Crippen molar-refractivity contribution in [3.8, 4) is 5.75 Å². The molecular formula is C19H20ClNO2. The Morgan fingerprint density at radius 1 is 1.17 bits per heavy atom. The molecule has 1 atom stereocenters. The molecule has 1 amide bonds. The lowest BCUT2D eigenvalue weighted by Gasteiger charge is -2.21. The number of fused-ring (bicyclic) bond motifs is 1. The standard InChI is InChI=1S/C19H20ClNO2/c1-13(23-16-9-5-8-15(20)12-16)19(22)21-18-11-4-7-14-6-2-3-10-17(14)18/h4-5,7-9,11-13H,2-3,6,10H2,1H3,(H,21,22)/t13-/m1/s1. The maximum absolute atomic E-state index is 12.4. The molecule has 0 bridgehead atoms. The summed E-state index contributed by atoms with van der Waals surface area (Å²) in [4.78, 5) is 12.4. The van der Waals surface area contributed by atoms with E-state index in [-0.39, 0.29) is 5.91 Å². The number of hydrogen-bond donors (Lipinski definition) is 1. The number of rotatable bonds is 4. The summed E-state index contributed by atoms with van der Waals surface area (Å²) in [5, 5.41) is 3.60. The molecule has 23 heavy (non-hydrogen) atoms. The van der Waals surface area contributed by atoms with Gasteiger partial charge < -0.3 is 10.1 Å². The number of carbonyl (C=O) groups is 1. The number of hydrogen-bond acceptors (Lipinski definition) is 2. The Morgan fingerprint density at radius 2 is 1.96 bits per heavy atom. The van der Waals surface area contributed by atoms with Crippen LogP contribution in [0.15, 0.2) is 42.5 Å². The van der Waals surface area contributed by atoms with Crippen LogP contribution in [0.4, 0.5) is 5.69 Å².